The number of hydrogen-bond donors (Lipinski definition) is 1. The minimum Gasteiger partial charge on any atom is -0.322 e. The van der Waals surface area contributed by atoms with Crippen molar-refractivity contribution in [1.82, 2.24) is 0 Å². The summed E-state index contributed by atoms with van der Waals surface area (Å²) in [5, 5.41) is 13.6. The summed E-state index contributed by atoms with van der Waals surface area (Å²) in [6.07, 6.45) is 0. The van der Waals surface area contributed by atoms with E-state index in [1.165, 1.54) is 18.2 Å². The molecule has 0 spiro atoms. The van der Waals surface area contributed by atoms with Gasteiger partial charge < -0.3 is 5.32 Å². The summed E-state index contributed by atoms with van der Waals surface area (Å²) in [4.78, 5) is 21.6. The number of nitrogens with zero attached hydrogens (tertiary/aromatic N) is 1. The third kappa shape index (κ3) is 3.48. The highest BCUT2D eigenvalue weighted by atomic mass is 35.5. The highest BCUT2D eigenvalue weighted by Gasteiger charge is 2.16. The van der Waals surface area contributed by atoms with E-state index in [9.17, 15) is 19.3 Å². The van der Waals surface area contributed by atoms with E-state index in [1.54, 1.807) is 0 Å². The topological polar surface area (TPSA) is 72.2 Å². The molecule has 2 rings (SSSR count). The van der Waals surface area contributed by atoms with Gasteiger partial charge in [-0.2, -0.15) is 4.39 Å². The van der Waals surface area contributed by atoms with Crippen molar-refractivity contribution in [1.29, 1.82) is 0 Å². The summed E-state index contributed by atoms with van der Waals surface area (Å²) in [5.74, 6) is -1.70. The van der Waals surface area contributed by atoms with Crippen molar-refractivity contribution in [3.05, 3.63) is 67.9 Å². The van der Waals surface area contributed by atoms with Crippen LogP contribution in [-0.4, -0.2) is 10.8 Å². The molecule has 8 heteroatoms. The first-order valence-electron chi connectivity index (χ1n) is 5.59. The fourth-order valence-electron chi connectivity index (χ4n) is 1.57. The Morgan fingerprint density at radius 2 is 1.86 bits per heavy atom. The van der Waals surface area contributed by atoms with Gasteiger partial charge in [0.2, 0.25) is 5.82 Å². The van der Waals surface area contributed by atoms with Gasteiger partial charge in [0.1, 0.15) is 0 Å². The maximum atomic E-state index is 13.5. The second-order valence-corrected chi connectivity index (χ2v) is 4.82. The minimum absolute atomic E-state index is 0.0517. The van der Waals surface area contributed by atoms with Gasteiger partial charge in [0.05, 0.1) is 15.0 Å². The number of hydrogen-bond acceptors (Lipinski definition) is 3. The number of halogens is 3. The lowest BCUT2D eigenvalue weighted by Gasteiger charge is -2.06. The fourth-order valence-corrected chi connectivity index (χ4v) is 1.87. The maximum absolute atomic E-state index is 13.5. The van der Waals surface area contributed by atoms with Crippen LogP contribution in [0.3, 0.4) is 0 Å². The molecule has 0 atom stereocenters. The molecule has 2 aromatic rings. The molecule has 0 heterocycles. The van der Waals surface area contributed by atoms with E-state index < -0.39 is 22.3 Å². The lowest BCUT2D eigenvalue weighted by Crippen LogP contribution is -2.12. The Morgan fingerprint density at radius 3 is 2.43 bits per heavy atom. The van der Waals surface area contributed by atoms with Crippen LogP contribution in [0.2, 0.25) is 10.0 Å². The number of carbonyl (C=O) groups is 1. The Hall–Kier alpha value is -2.18. The third-order valence-corrected chi connectivity index (χ3v) is 3.32. The second-order valence-electron chi connectivity index (χ2n) is 4.01. The predicted octanol–water partition coefficient (Wildman–Crippen LogP) is 4.29. The molecule has 0 radical (unpaired) electrons. The third-order valence-electron chi connectivity index (χ3n) is 2.58. The molecule has 0 aliphatic carbocycles. The molecular weight excluding hydrogens is 322 g/mol. The molecule has 0 unspecified atom stereocenters. The Morgan fingerprint density at radius 1 is 1.14 bits per heavy atom. The quantitative estimate of drug-likeness (QED) is 0.674. The normalized spacial score (nSPS) is 10.2. The predicted molar refractivity (Wildman–Crippen MR) is 77.5 cm³/mol. The molecule has 0 bridgehead atoms. The number of rotatable bonds is 3. The average Bonchev–Trinajstić information content (AvgIpc) is 2.42. The van der Waals surface area contributed by atoms with Crippen molar-refractivity contribution < 1.29 is 14.1 Å². The molecule has 5 nitrogen and oxygen atoms in total. The van der Waals surface area contributed by atoms with Crippen LogP contribution in [0.1, 0.15) is 10.4 Å². The first-order valence-corrected chi connectivity index (χ1v) is 6.34. The highest BCUT2D eigenvalue weighted by molar-refractivity contribution is 6.42. The zero-order valence-corrected chi connectivity index (χ0v) is 11.8. The smallest absolute Gasteiger partial charge is 0.304 e. The summed E-state index contributed by atoms with van der Waals surface area (Å²) >= 11 is 11.5. The van der Waals surface area contributed by atoms with Gasteiger partial charge >= 0.3 is 5.69 Å². The van der Waals surface area contributed by atoms with E-state index in [0.717, 1.165) is 18.2 Å². The number of amides is 1. The fraction of sp³-hybridized carbons (Fsp3) is 0. The molecular formula is C13H7Cl2FN2O3. The number of nitro groups is 1. The van der Waals surface area contributed by atoms with Crippen LogP contribution in [0.25, 0.3) is 0 Å². The Labute approximate surface area is 128 Å². The van der Waals surface area contributed by atoms with E-state index in [4.69, 9.17) is 23.2 Å². The van der Waals surface area contributed by atoms with Crippen LogP contribution in [0.4, 0.5) is 15.8 Å². The van der Waals surface area contributed by atoms with Gasteiger partial charge in [0.15, 0.2) is 0 Å². The lowest BCUT2D eigenvalue weighted by molar-refractivity contribution is -0.387. The molecule has 21 heavy (non-hydrogen) atoms. The van der Waals surface area contributed by atoms with E-state index in [1.807, 2.05) is 0 Å². The Kier molecular flexibility index (Phi) is 4.40. The zero-order valence-electron chi connectivity index (χ0n) is 10.3. The zero-order chi connectivity index (χ0) is 15.6. The molecule has 0 fully saturated rings. The second kappa shape index (κ2) is 6.07. The minimum atomic E-state index is -1.08. The summed E-state index contributed by atoms with van der Waals surface area (Å²) < 4.78 is 13.5. The van der Waals surface area contributed by atoms with Crippen molar-refractivity contribution in [2.24, 2.45) is 0 Å². The standard InChI is InChI=1S/C13H7Cl2FN2O3/c14-9-3-2-8(6-10(9)15)17-13(19)7-1-4-12(18(20)21)11(16)5-7/h1-6H,(H,17,19). The largest absolute Gasteiger partial charge is 0.322 e. The van der Waals surface area contributed by atoms with E-state index in [2.05, 4.69) is 5.32 Å². The van der Waals surface area contributed by atoms with Crippen molar-refractivity contribution in [3.63, 3.8) is 0 Å². The van der Waals surface area contributed by atoms with Crippen molar-refractivity contribution in [3.8, 4) is 0 Å². The maximum Gasteiger partial charge on any atom is 0.304 e. The number of nitro benzene ring substituents is 1. The Balaban J connectivity index is 2.22. The molecule has 0 aliphatic rings. The monoisotopic (exact) mass is 328 g/mol. The van der Waals surface area contributed by atoms with E-state index in [0.29, 0.717) is 10.7 Å². The molecule has 0 saturated carbocycles. The van der Waals surface area contributed by atoms with Gasteiger partial charge in [-0.05, 0) is 30.3 Å². The van der Waals surface area contributed by atoms with Crippen LogP contribution in [0.5, 0.6) is 0 Å². The Bertz CT molecular complexity index is 737. The molecule has 1 amide bonds. The molecule has 0 saturated heterocycles. The summed E-state index contributed by atoms with van der Waals surface area (Å²) in [6, 6.07) is 7.34. The first kappa shape index (κ1) is 15.2. The van der Waals surface area contributed by atoms with Crippen LogP contribution in [-0.2, 0) is 0 Å². The number of carbonyl (C=O) groups excluding carboxylic acids is 1. The van der Waals surface area contributed by atoms with Crippen LogP contribution in [0.15, 0.2) is 36.4 Å². The number of benzene rings is 2. The molecule has 0 aliphatic heterocycles. The van der Waals surface area contributed by atoms with Crippen LogP contribution in [0, 0.1) is 15.9 Å². The van der Waals surface area contributed by atoms with Crippen LogP contribution >= 0.6 is 23.2 Å². The highest BCUT2D eigenvalue weighted by Crippen LogP contribution is 2.25. The number of nitrogens with one attached hydrogen (secondary N) is 1. The lowest BCUT2D eigenvalue weighted by atomic mass is 10.2. The molecule has 0 aromatic heterocycles. The summed E-state index contributed by atoms with van der Waals surface area (Å²) in [7, 11) is 0. The van der Waals surface area contributed by atoms with Gasteiger partial charge in [-0.1, -0.05) is 23.2 Å². The van der Waals surface area contributed by atoms with E-state index >= 15 is 0 Å². The first-order chi connectivity index (χ1) is 9.88. The molecule has 108 valence electrons. The number of anilines is 1. The van der Waals surface area contributed by atoms with Gasteiger partial charge in [-0.25, -0.2) is 0 Å². The van der Waals surface area contributed by atoms with E-state index in [-0.39, 0.29) is 10.6 Å². The van der Waals surface area contributed by atoms with Crippen molar-refractivity contribution >= 4 is 40.5 Å². The van der Waals surface area contributed by atoms with Crippen molar-refractivity contribution in [2.45, 2.75) is 0 Å². The summed E-state index contributed by atoms with van der Waals surface area (Å²) in [5.41, 5.74) is -0.376. The molecule has 1 N–H and O–H groups in total. The average molecular weight is 329 g/mol. The van der Waals surface area contributed by atoms with Gasteiger partial charge in [-0.3, -0.25) is 14.9 Å². The van der Waals surface area contributed by atoms with Crippen molar-refractivity contribution in [2.75, 3.05) is 5.32 Å². The van der Waals surface area contributed by atoms with Crippen LogP contribution < -0.4 is 5.32 Å². The van der Waals surface area contributed by atoms with Gasteiger partial charge in [-0.15, -0.1) is 0 Å². The van der Waals surface area contributed by atoms with Gasteiger partial charge in [0.25, 0.3) is 5.91 Å². The van der Waals surface area contributed by atoms with Gasteiger partial charge in [0, 0.05) is 17.3 Å². The molecule has 2 aromatic carbocycles. The summed E-state index contributed by atoms with van der Waals surface area (Å²) in [6.45, 7) is 0. The SMILES string of the molecule is O=C(Nc1ccc(Cl)c(Cl)c1)c1ccc([N+](=O)[O-])c(F)c1.